The summed E-state index contributed by atoms with van der Waals surface area (Å²) in [5.74, 6) is 0.686. The smallest absolute Gasteiger partial charge is 0.0595 e. The maximum atomic E-state index is 6.12. The fourth-order valence-corrected chi connectivity index (χ4v) is 2.97. The molecule has 1 atom stereocenters. The first-order valence-corrected chi connectivity index (χ1v) is 8.26. The summed E-state index contributed by atoms with van der Waals surface area (Å²) in [6.45, 7) is 11.2. The Balaban J connectivity index is 2.71. The van der Waals surface area contributed by atoms with E-state index in [0.29, 0.717) is 16.0 Å². The van der Waals surface area contributed by atoms with Gasteiger partial charge in [-0.05, 0) is 48.4 Å². The zero-order valence-corrected chi connectivity index (χ0v) is 14.6. The fourth-order valence-electron chi connectivity index (χ4n) is 2.65. The van der Waals surface area contributed by atoms with Gasteiger partial charge in [0, 0.05) is 6.54 Å². The van der Waals surface area contributed by atoms with E-state index in [-0.39, 0.29) is 5.41 Å². The molecule has 0 spiro atoms. The lowest BCUT2D eigenvalue weighted by molar-refractivity contribution is 0.271. The Hall–Kier alpha value is -0.240. The topological polar surface area (TPSA) is 12.0 Å². The number of hydrogen-bond donors (Lipinski definition) is 1. The van der Waals surface area contributed by atoms with Crippen LogP contribution in [0.2, 0.25) is 10.0 Å². The van der Waals surface area contributed by atoms with Gasteiger partial charge in [-0.2, -0.15) is 0 Å². The first kappa shape index (κ1) is 17.8. The minimum absolute atomic E-state index is 0.265. The Kier molecular flexibility index (Phi) is 7.36. The molecule has 3 heteroatoms. The lowest BCUT2D eigenvalue weighted by Gasteiger charge is -2.30. The molecule has 1 rings (SSSR count). The van der Waals surface area contributed by atoms with Gasteiger partial charge in [-0.3, -0.25) is 0 Å². The summed E-state index contributed by atoms with van der Waals surface area (Å²) >= 11 is 12.1. The van der Waals surface area contributed by atoms with Crippen molar-refractivity contribution in [2.24, 2.45) is 11.3 Å². The molecule has 0 aliphatic carbocycles. The van der Waals surface area contributed by atoms with Crippen molar-refractivity contribution < 1.29 is 0 Å². The van der Waals surface area contributed by atoms with E-state index in [4.69, 9.17) is 23.2 Å². The second-order valence-corrected chi connectivity index (χ2v) is 7.33. The molecular weight excluding hydrogens is 289 g/mol. The molecule has 1 nitrogen and oxygen atoms in total. The van der Waals surface area contributed by atoms with Crippen molar-refractivity contribution in [3.63, 3.8) is 0 Å². The van der Waals surface area contributed by atoms with Crippen molar-refractivity contribution in [3.05, 3.63) is 33.8 Å². The molecule has 0 radical (unpaired) electrons. The quantitative estimate of drug-likeness (QED) is 0.659. The van der Waals surface area contributed by atoms with E-state index in [9.17, 15) is 0 Å². The van der Waals surface area contributed by atoms with Crippen molar-refractivity contribution in [1.82, 2.24) is 5.32 Å². The molecule has 1 unspecified atom stereocenters. The van der Waals surface area contributed by atoms with Gasteiger partial charge in [-0.1, -0.05) is 63.4 Å². The first-order valence-electron chi connectivity index (χ1n) is 7.51. The predicted molar refractivity (Wildman–Crippen MR) is 90.9 cm³/mol. The van der Waals surface area contributed by atoms with Gasteiger partial charge in [0.15, 0.2) is 0 Å². The molecule has 0 saturated heterocycles. The zero-order chi connectivity index (χ0) is 15.2. The summed E-state index contributed by atoms with van der Waals surface area (Å²) in [6, 6.07) is 5.98. The molecule has 0 aromatic heterocycles. The fraction of sp³-hybridized carbons (Fsp3) is 0.647. The van der Waals surface area contributed by atoms with Crippen LogP contribution in [0.15, 0.2) is 18.2 Å². The van der Waals surface area contributed by atoms with E-state index in [2.05, 4.69) is 39.1 Å². The predicted octanol–water partition coefficient (Wildman–Crippen LogP) is 5.59. The molecule has 0 heterocycles. The van der Waals surface area contributed by atoms with Crippen LogP contribution in [0.5, 0.6) is 0 Å². The van der Waals surface area contributed by atoms with Crippen LogP contribution in [0, 0.1) is 11.3 Å². The van der Waals surface area contributed by atoms with Gasteiger partial charge in [0.25, 0.3) is 0 Å². The van der Waals surface area contributed by atoms with Gasteiger partial charge in [-0.15, -0.1) is 0 Å². The highest BCUT2D eigenvalue weighted by molar-refractivity contribution is 6.42. The molecule has 1 N–H and O–H groups in total. The van der Waals surface area contributed by atoms with Crippen LogP contribution < -0.4 is 5.32 Å². The van der Waals surface area contributed by atoms with Crippen molar-refractivity contribution >= 4 is 23.2 Å². The number of hydrogen-bond acceptors (Lipinski definition) is 1. The lowest BCUT2D eigenvalue weighted by atomic mass is 9.79. The van der Waals surface area contributed by atoms with Crippen molar-refractivity contribution in [1.29, 1.82) is 0 Å². The Bertz CT molecular complexity index is 417. The number of benzene rings is 1. The Morgan fingerprint density at radius 1 is 1.20 bits per heavy atom. The molecule has 0 amide bonds. The molecule has 0 aliphatic heterocycles. The van der Waals surface area contributed by atoms with E-state index in [0.717, 1.165) is 19.5 Å². The average molecular weight is 316 g/mol. The standard InChI is InChI=1S/C17H27Cl2N/c1-5-8-17(4,12-20-11-13(2)3)10-14-6-7-15(18)16(19)9-14/h6-7,9,13,20H,5,8,10-12H2,1-4H3. The molecule has 0 aliphatic rings. The van der Waals surface area contributed by atoms with Crippen LogP contribution in [0.1, 0.15) is 46.1 Å². The highest BCUT2D eigenvalue weighted by atomic mass is 35.5. The van der Waals surface area contributed by atoms with Crippen LogP contribution >= 0.6 is 23.2 Å². The van der Waals surface area contributed by atoms with Crippen molar-refractivity contribution in [2.45, 2.75) is 47.0 Å². The molecule has 1 aromatic rings. The highest BCUT2D eigenvalue weighted by Crippen LogP contribution is 2.30. The molecular formula is C17H27Cl2N. The second kappa shape index (κ2) is 8.26. The molecule has 0 bridgehead atoms. The zero-order valence-electron chi connectivity index (χ0n) is 13.1. The maximum Gasteiger partial charge on any atom is 0.0595 e. The molecule has 20 heavy (non-hydrogen) atoms. The number of halogens is 2. The summed E-state index contributed by atoms with van der Waals surface area (Å²) in [4.78, 5) is 0. The first-order chi connectivity index (χ1) is 9.36. The van der Waals surface area contributed by atoms with Crippen LogP contribution in [-0.2, 0) is 6.42 Å². The van der Waals surface area contributed by atoms with E-state index in [1.165, 1.54) is 18.4 Å². The summed E-state index contributed by atoms with van der Waals surface area (Å²) in [5, 5.41) is 4.88. The Morgan fingerprint density at radius 3 is 2.45 bits per heavy atom. The third-order valence-corrected chi connectivity index (χ3v) is 4.31. The Labute approximate surface area is 134 Å². The molecule has 1 aromatic carbocycles. The summed E-state index contributed by atoms with van der Waals surface area (Å²) < 4.78 is 0. The van der Waals surface area contributed by atoms with Gasteiger partial charge in [-0.25, -0.2) is 0 Å². The number of rotatable bonds is 8. The van der Waals surface area contributed by atoms with E-state index < -0.39 is 0 Å². The van der Waals surface area contributed by atoms with E-state index in [1.807, 2.05) is 12.1 Å². The molecule has 0 fully saturated rings. The summed E-state index contributed by atoms with van der Waals surface area (Å²) in [6.07, 6.45) is 3.43. The van der Waals surface area contributed by atoms with Crippen molar-refractivity contribution in [2.75, 3.05) is 13.1 Å². The van der Waals surface area contributed by atoms with E-state index in [1.54, 1.807) is 0 Å². The third kappa shape index (κ3) is 6.03. The average Bonchev–Trinajstić information content (AvgIpc) is 2.33. The highest BCUT2D eigenvalue weighted by Gasteiger charge is 2.23. The Morgan fingerprint density at radius 2 is 1.90 bits per heavy atom. The maximum absolute atomic E-state index is 6.12. The van der Waals surface area contributed by atoms with Crippen LogP contribution in [0.3, 0.4) is 0 Å². The molecule has 114 valence electrons. The van der Waals surface area contributed by atoms with Crippen LogP contribution in [0.4, 0.5) is 0 Å². The SMILES string of the molecule is CCCC(C)(CNCC(C)C)Cc1ccc(Cl)c(Cl)c1. The van der Waals surface area contributed by atoms with Gasteiger partial charge < -0.3 is 5.32 Å². The van der Waals surface area contributed by atoms with Gasteiger partial charge in [0.1, 0.15) is 0 Å². The summed E-state index contributed by atoms with van der Waals surface area (Å²) in [7, 11) is 0. The minimum atomic E-state index is 0.265. The van der Waals surface area contributed by atoms with Crippen LogP contribution in [-0.4, -0.2) is 13.1 Å². The van der Waals surface area contributed by atoms with Gasteiger partial charge in [0.2, 0.25) is 0 Å². The van der Waals surface area contributed by atoms with E-state index >= 15 is 0 Å². The third-order valence-electron chi connectivity index (χ3n) is 3.57. The lowest BCUT2D eigenvalue weighted by Crippen LogP contribution is -2.35. The largest absolute Gasteiger partial charge is 0.316 e. The number of nitrogens with one attached hydrogen (secondary N) is 1. The van der Waals surface area contributed by atoms with Gasteiger partial charge >= 0.3 is 0 Å². The normalized spacial score (nSPS) is 14.6. The second-order valence-electron chi connectivity index (χ2n) is 6.51. The monoisotopic (exact) mass is 315 g/mol. The van der Waals surface area contributed by atoms with Crippen molar-refractivity contribution in [3.8, 4) is 0 Å². The summed E-state index contributed by atoms with van der Waals surface area (Å²) in [5.41, 5.74) is 1.53. The minimum Gasteiger partial charge on any atom is -0.316 e. The van der Waals surface area contributed by atoms with Crippen LogP contribution in [0.25, 0.3) is 0 Å². The molecule has 0 saturated carbocycles. The van der Waals surface area contributed by atoms with Gasteiger partial charge in [0.05, 0.1) is 10.0 Å².